The molecule has 1 aromatic rings. The van der Waals surface area contributed by atoms with E-state index in [0.717, 1.165) is 37.8 Å². The van der Waals surface area contributed by atoms with Crippen LogP contribution in [-0.2, 0) is 14.4 Å². The van der Waals surface area contributed by atoms with Gasteiger partial charge in [-0.15, -0.1) is 0 Å². The first-order valence-electron chi connectivity index (χ1n) is 14.7. The van der Waals surface area contributed by atoms with Crippen LogP contribution in [0.2, 0.25) is 0 Å². The van der Waals surface area contributed by atoms with Gasteiger partial charge in [-0.3, -0.25) is 19.3 Å². The van der Waals surface area contributed by atoms with E-state index >= 15 is 0 Å². The molecule has 3 atom stereocenters. The molecule has 0 saturated carbocycles. The Kier molecular flexibility index (Phi) is 12.1. The summed E-state index contributed by atoms with van der Waals surface area (Å²) in [4.78, 5) is 46.4. The average Bonchev–Trinajstić information content (AvgIpc) is 3.52. The highest BCUT2D eigenvalue weighted by Crippen LogP contribution is 2.42. The molecule has 40 heavy (non-hydrogen) atoms. The number of rotatable bonds is 16. The molecule has 2 aliphatic heterocycles. The Morgan fingerprint density at radius 1 is 0.975 bits per heavy atom. The van der Waals surface area contributed by atoms with E-state index in [4.69, 9.17) is 9.47 Å². The van der Waals surface area contributed by atoms with Crippen LogP contribution in [0.5, 0.6) is 11.5 Å². The summed E-state index contributed by atoms with van der Waals surface area (Å²) in [6.45, 7) is 9.72. The molecule has 2 amide bonds. The Labute approximate surface area is 239 Å². The Morgan fingerprint density at radius 3 is 2.33 bits per heavy atom. The van der Waals surface area contributed by atoms with Gasteiger partial charge in [-0.2, -0.15) is 0 Å². The zero-order valence-electron chi connectivity index (χ0n) is 24.9. The van der Waals surface area contributed by atoms with Crippen molar-refractivity contribution in [3.05, 3.63) is 23.8 Å². The number of hydrogen-bond acceptors (Lipinski definition) is 7. The van der Waals surface area contributed by atoms with Gasteiger partial charge in [0, 0.05) is 51.6 Å². The number of hydrogen-bond donors (Lipinski definition) is 1. The van der Waals surface area contributed by atoms with Gasteiger partial charge < -0.3 is 29.3 Å². The van der Waals surface area contributed by atoms with Crippen molar-refractivity contribution >= 4 is 17.8 Å². The van der Waals surface area contributed by atoms with Gasteiger partial charge in [-0.25, -0.2) is 0 Å². The van der Waals surface area contributed by atoms with Gasteiger partial charge in [0.15, 0.2) is 11.5 Å². The normalized spacial score (nSPS) is 20.2. The van der Waals surface area contributed by atoms with E-state index in [-0.39, 0.29) is 37.1 Å². The van der Waals surface area contributed by atoms with Crippen LogP contribution in [0.4, 0.5) is 0 Å². The van der Waals surface area contributed by atoms with Gasteiger partial charge in [0.05, 0.1) is 12.5 Å². The molecule has 0 aliphatic carbocycles. The first-order valence-corrected chi connectivity index (χ1v) is 14.7. The van der Waals surface area contributed by atoms with E-state index in [1.807, 2.05) is 34.9 Å². The molecule has 1 aromatic carbocycles. The minimum atomic E-state index is -0.889. The number of unbranched alkanes of at least 4 members (excludes halogenated alkanes) is 2. The molecule has 224 valence electrons. The maximum absolute atomic E-state index is 13.7. The first-order chi connectivity index (χ1) is 19.2. The zero-order chi connectivity index (χ0) is 29.2. The van der Waals surface area contributed by atoms with Crippen molar-refractivity contribution in [2.24, 2.45) is 5.92 Å². The van der Waals surface area contributed by atoms with Crippen LogP contribution in [0.3, 0.4) is 0 Å². The van der Waals surface area contributed by atoms with Crippen LogP contribution >= 0.6 is 0 Å². The predicted octanol–water partition coefficient (Wildman–Crippen LogP) is 3.11. The van der Waals surface area contributed by atoms with Crippen LogP contribution in [0.15, 0.2) is 18.2 Å². The Hall–Kier alpha value is -2.85. The number of carboxylic acids is 1. The second-order valence-electron chi connectivity index (χ2n) is 11.2. The van der Waals surface area contributed by atoms with E-state index < -0.39 is 11.9 Å². The summed E-state index contributed by atoms with van der Waals surface area (Å²) in [5.74, 6) is -0.657. The smallest absolute Gasteiger partial charge is 0.308 e. The van der Waals surface area contributed by atoms with Crippen LogP contribution in [0.1, 0.15) is 64.4 Å². The summed E-state index contributed by atoms with van der Waals surface area (Å²) in [6, 6.07) is 5.22. The minimum Gasteiger partial charge on any atom is -0.481 e. The maximum atomic E-state index is 13.7. The number of carbonyl (C=O) groups is 3. The monoisotopic (exact) mass is 560 g/mol. The fraction of sp³-hybridized carbons (Fsp3) is 0.700. The van der Waals surface area contributed by atoms with Crippen LogP contribution in [-0.4, -0.2) is 115 Å². The molecule has 0 radical (unpaired) electrons. The number of amides is 2. The van der Waals surface area contributed by atoms with Crippen molar-refractivity contribution in [1.29, 1.82) is 0 Å². The molecule has 3 unspecified atom stereocenters. The third-order valence-corrected chi connectivity index (χ3v) is 8.14. The second kappa shape index (κ2) is 15.2. The van der Waals surface area contributed by atoms with Crippen molar-refractivity contribution < 1.29 is 29.0 Å². The van der Waals surface area contributed by atoms with Gasteiger partial charge in [-0.1, -0.05) is 19.4 Å². The standard InChI is InChI=1S/C30H48N4O6/c1-6-8-15-33(16-10-9-14-31(4)5)28(36)20-34-19-24(23-11-12-26-27(18-23)40-21-39-26)29(30(37)38)25(34)13-17-32(7-2)22(3)35/h11-12,18,24-25,29H,6-10,13-17,19-21H2,1-5H3,(H,37,38). The molecular weight excluding hydrogens is 512 g/mol. The van der Waals surface area contributed by atoms with Crippen LogP contribution in [0, 0.1) is 5.92 Å². The largest absolute Gasteiger partial charge is 0.481 e. The fourth-order valence-electron chi connectivity index (χ4n) is 5.87. The lowest BCUT2D eigenvalue weighted by Crippen LogP contribution is -2.46. The third kappa shape index (κ3) is 8.33. The number of carboxylic acid groups (broad SMARTS) is 1. The Bertz CT molecular complexity index is 1000. The number of carbonyl (C=O) groups excluding carboxylic acids is 2. The summed E-state index contributed by atoms with van der Waals surface area (Å²) in [5, 5.41) is 10.4. The average molecular weight is 561 g/mol. The molecule has 1 N–H and O–H groups in total. The summed E-state index contributed by atoms with van der Waals surface area (Å²) >= 11 is 0. The van der Waals surface area contributed by atoms with Gasteiger partial charge >= 0.3 is 5.97 Å². The number of benzene rings is 1. The van der Waals surface area contributed by atoms with E-state index in [9.17, 15) is 19.5 Å². The number of ether oxygens (including phenoxy) is 2. The quantitative estimate of drug-likeness (QED) is 0.308. The lowest BCUT2D eigenvalue weighted by Gasteiger charge is -2.31. The summed E-state index contributed by atoms with van der Waals surface area (Å²) in [6.07, 6.45) is 4.36. The van der Waals surface area contributed by atoms with Crippen molar-refractivity contribution in [1.82, 2.24) is 19.6 Å². The third-order valence-electron chi connectivity index (χ3n) is 8.14. The molecule has 10 nitrogen and oxygen atoms in total. The summed E-state index contributed by atoms with van der Waals surface area (Å²) in [5.41, 5.74) is 0.863. The molecule has 2 heterocycles. The number of likely N-dealkylation sites (tertiary alicyclic amines) is 1. The molecule has 0 aromatic heterocycles. The number of nitrogens with zero attached hydrogens (tertiary/aromatic N) is 4. The summed E-state index contributed by atoms with van der Waals surface area (Å²) in [7, 11) is 4.10. The molecule has 1 fully saturated rings. The van der Waals surface area contributed by atoms with Gasteiger partial charge in [0.2, 0.25) is 18.6 Å². The van der Waals surface area contributed by atoms with Crippen molar-refractivity contribution in [2.75, 3.05) is 66.7 Å². The Morgan fingerprint density at radius 2 is 1.68 bits per heavy atom. The lowest BCUT2D eigenvalue weighted by atomic mass is 9.84. The number of fused-ring (bicyclic) bond motifs is 1. The molecular formula is C30H48N4O6. The van der Waals surface area contributed by atoms with Crippen LogP contribution < -0.4 is 9.47 Å². The zero-order valence-corrected chi connectivity index (χ0v) is 24.9. The molecule has 3 rings (SSSR count). The molecule has 10 heteroatoms. The highest BCUT2D eigenvalue weighted by molar-refractivity contribution is 5.79. The molecule has 1 saturated heterocycles. The lowest BCUT2D eigenvalue weighted by molar-refractivity contribution is -0.144. The van der Waals surface area contributed by atoms with Crippen molar-refractivity contribution in [3.8, 4) is 11.5 Å². The van der Waals surface area contributed by atoms with E-state index in [1.165, 1.54) is 6.92 Å². The van der Waals surface area contributed by atoms with Gasteiger partial charge in [-0.05, 0) is 70.9 Å². The summed E-state index contributed by atoms with van der Waals surface area (Å²) < 4.78 is 11.0. The molecule has 0 spiro atoms. The maximum Gasteiger partial charge on any atom is 0.308 e. The topological polar surface area (TPSA) is 103 Å². The van der Waals surface area contributed by atoms with Gasteiger partial charge in [0.25, 0.3) is 0 Å². The van der Waals surface area contributed by atoms with Crippen molar-refractivity contribution in [3.63, 3.8) is 0 Å². The fourth-order valence-corrected chi connectivity index (χ4v) is 5.87. The first kappa shape index (κ1) is 31.7. The molecule has 0 bridgehead atoms. The highest BCUT2D eigenvalue weighted by atomic mass is 16.7. The van der Waals surface area contributed by atoms with E-state index in [1.54, 1.807) is 4.90 Å². The van der Waals surface area contributed by atoms with E-state index in [2.05, 4.69) is 25.9 Å². The highest BCUT2D eigenvalue weighted by Gasteiger charge is 2.47. The number of aliphatic carboxylic acids is 1. The Balaban J connectivity index is 1.83. The van der Waals surface area contributed by atoms with E-state index in [0.29, 0.717) is 50.6 Å². The van der Waals surface area contributed by atoms with Gasteiger partial charge in [0.1, 0.15) is 0 Å². The predicted molar refractivity (Wildman–Crippen MR) is 154 cm³/mol. The second-order valence-corrected chi connectivity index (χ2v) is 11.2. The molecule has 2 aliphatic rings. The van der Waals surface area contributed by atoms with Crippen molar-refractivity contribution in [2.45, 2.75) is 64.8 Å². The minimum absolute atomic E-state index is 0.0363. The van der Waals surface area contributed by atoms with Crippen LogP contribution in [0.25, 0.3) is 0 Å². The SMILES string of the molecule is CCCCN(CCCCN(C)C)C(=O)CN1CC(c2ccc3c(c2)OCO3)C(C(=O)O)C1CCN(CC)C(C)=O.